The molecule has 0 amide bonds. The summed E-state index contributed by atoms with van der Waals surface area (Å²) in [5.74, 6) is -1.19. The fraction of sp³-hybridized carbons (Fsp3) is 0.222. The minimum Gasteiger partial charge on any atom is -0.493 e. The Morgan fingerprint density at radius 3 is 2.43 bits per heavy atom. The van der Waals surface area contributed by atoms with Gasteiger partial charge >= 0.3 is 5.97 Å². The van der Waals surface area contributed by atoms with Crippen molar-refractivity contribution in [3.63, 3.8) is 0 Å². The average molecular weight is 313 g/mol. The van der Waals surface area contributed by atoms with Gasteiger partial charge in [0, 0.05) is 11.3 Å². The summed E-state index contributed by atoms with van der Waals surface area (Å²) in [4.78, 5) is 23.9. The van der Waals surface area contributed by atoms with Crippen LogP contribution in [-0.4, -0.2) is 23.5 Å². The monoisotopic (exact) mass is 313 g/mol. The maximum absolute atomic E-state index is 12.7. The van der Waals surface area contributed by atoms with Crippen molar-refractivity contribution >= 4 is 17.4 Å². The van der Waals surface area contributed by atoms with Gasteiger partial charge in [0.15, 0.2) is 5.78 Å². The zero-order valence-corrected chi connectivity index (χ0v) is 12.9. The van der Waals surface area contributed by atoms with Crippen LogP contribution in [0.2, 0.25) is 0 Å². The number of benzene rings is 2. The van der Waals surface area contributed by atoms with Crippen molar-refractivity contribution in [1.29, 1.82) is 0 Å². The first-order valence-corrected chi connectivity index (χ1v) is 7.44. The Labute approximate surface area is 134 Å². The predicted octanol–water partition coefficient (Wildman–Crippen LogP) is 3.38. The van der Waals surface area contributed by atoms with Gasteiger partial charge in [-0.3, -0.25) is 4.79 Å². The number of carbonyl (C=O) groups excluding carboxylic acids is 1. The van der Waals surface area contributed by atoms with Crippen LogP contribution in [0.5, 0.6) is 5.75 Å². The second-order valence-corrected chi connectivity index (χ2v) is 5.14. The van der Waals surface area contributed by atoms with E-state index in [9.17, 15) is 9.59 Å². The fourth-order valence-corrected chi connectivity index (χ4v) is 2.18. The van der Waals surface area contributed by atoms with E-state index < -0.39 is 5.97 Å². The molecule has 0 aliphatic carbocycles. The molecule has 0 fully saturated rings. The van der Waals surface area contributed by atoms with E-state index in [4.69, 9.17) is 15.6 Å². The fourth-order valence-electron chi connectivity index (χ4n) is 2.18. The van der Waals surface area contributed by atoms with Gasteiger partial charge in [0.1, 0.15) is 5.75 Å². The Balaban J connectivity index is 2.47. The lowest BCUT2D eigenvalue weighted by molar-refractivity contribution is 0.0696. The highest BCUT2D eigenvalue weighted by molar-refractivity contribution is 6.14. The van der Waals surface area contributed by atoms with Crippen molar-refractivity contribution in [2.75, 3.05) is 12.3 Å². The number of hydrogen-bond acceptors (Lipinski definition) is 4. The van der Waals surface area contributed by atoms with Gasteiger partial charge in [-0.05, 0) is 18.6 Å². The number of carboxylic acid groups (broad SMARTS) is 1. The minimum absolute atomic E-state index is 0.00129. The topological polar surface area (TPSA) is 89.6 Å². The molecule has 2 aromatic rings. The summed E-state index contributed by atoms with van der Waals surface area (Å²) in [5, 5.41) is 9.16. The van der Waals surface area contributed by atoms with Crippen molar-refractivity contribution in [1.82, 2.24) is 0 Å². The van der Waals surface area contributed by atoms with Crippen LogP contribution in [0.3, 0.4) is 0 Å². The van der Waals surface area contributed by atoms with Gasteiger partial charge in [0.25, 0.3) is 0 Å². The molecular weight excluding hydrogens is 294 g/mol. The summed E-state index contributed by atoms with van der Waals surface area (Å²) >= 11 is 0. The SMILES string of the molecule is CCCCOc1cc(C(=O)O)cc(N)c1C(=O)c1ccccc1. The van der Waals surface area contributed by atoms with Gasteiger partial charge in [-0.1, -0.05) is 43.7 Å². The van der Waals surface area contributed by atoms with Gasteiger partial charge in [-0.2, -0.15) is 0 Å². The summed E-state index contributed by atoms with van der Waals surface area (Å²) in [6, 6.07) is 11.3. The van der Waals surface area contributed by atoms with Gasteiger partial charge < -0.3 is 15.6 Å². The van der Waals surface area contributed by atoms with Crippen LogP contribution in [0.1, 0.15) is 46.0 Å². The molecule has 2 aromatic carbocycles. The largest absolute Gasteiger partial charge is 0.493 e. The summed E-state index contributed by atoms with van der Waals surface area (Å²) in [7, 11) is 0. The molecule has 0 atom stereocenters. The van der Waals surface area contributed by atoms with Gasteiger partial charge in [0.05, 0.1) is 17.7 Å². The van der Waals surface area contributed by atoms with Gasteiger partial charge in [-0.25, -0.2) is 4.79 Å². The zero-order chi connectivity index (χ0) is 16.8. The predicted molar refractivity (Wildman–Crippen MR) is 88.1 cm³/mol. The number of hydrogen-bond donors (Lipinski definition) is 2. The molecule has 0 heterocycles. The van der Waals surface area contributed by atoms with E-state index in [1.54, 1.807) is 24.3 Å². The highest BCUT2D eigenvalue weighted by Gasteiger charge is 2.21. The Kier molecular flexibility index (Phi) is 5.36. The summed E-state index contributed by atoms with van der Waals surface area (Å²) in [5.41, 5.74) is 6.72. The number of ketones is 1. The van der Waals surface area contributed by atoms with Crippen molar-refractivity contribution < 1.29 is 19.4 Å². The third-order valence-electron chi connectivity index (χ3n) is 3.40. The van der Waals surface area contributed by atoms with Crippen LogP contribution in [0.15, 0.2) is 42.5 Å². The lowest BCUT2D eigenvalue weighted by Crippen LogP contribution is -2.11. The second-order valence-electron chi connectivity index (χ2n) is 5.14. The average Bonchev–Trinajstić information content (AvgIpc) is 2.55. The number of nitrogens with two attached hydrogens (primary N) is 1. The maximum Gasteiger partial charge on any atom is 0.335 e. The van der Waals surface area contributed by atoms with Crippen molar-refractivity contribution in [2.45, 2.75) is 19.8 Å². The van der Waals surface area contributed by atoms with E-state index in [0.29, 0.717) is 12.2 Å². The number of unbranched alkanes of at least 4 members (excludes halogenated alkanes) is 1. The van der Waals surface area contributed by atoms with E-state index in [1.807, 2.05) is 13.0 Å². The molecule has 0 saturated carbocycles. The molecule has 23 heavy (non-hydrogen) atoms. The highest BCUT2D eigenvalue weighted by Crippen LogP contribution is 2.30. The smallest absolute Gasteiger partial charge is 0.335 e. The van der Waals surface area contributed by atoms with Crippen LogP contribution in [-0.2, 0) is 0 Å². The Morgan fingerprint density at radius 1 is 1.13 bits per heavy atom. The molecule has 0 unspecified atom stereocenters. The Hall–Kier alpha value is -2.82. The lowest BCUT2D eigenvalue weighted by atomic mass is 9.99. The maximum atomic E-state index is 12.7. The molecule has 0 bridgehead atoms. The molecule has 5 nitrogen and oxygen atoms in total. The van der Waals surface area contributed by atoms with E-state index in [0.717, 1.165) is 12.8 Å². The normalized spacial score (nSPS) is 10.3. The number of carboxylic acids is 1. The molecule has 0 aromatic heterocycles. The number of ether oxygens (including phenoxy) is 1. The van der Waals surface area contributed by atoms with Crippen LogP contribution < -0.4 is 10.5 Å². The molecule has 0 aliphatic rings. The van der Waals surface area contributed by atoms with Gasteiger partial charge in [0.2, 0.25) is 0 Å². The third kappa shape index (κ3) is 3.88. The first-order valence-electron chi connectivity index (χ1n) is 7.44. The first-order chi connectivity index (χ1) is 11.0. The van der Waals surface area contributed by atoms with E-state index in [2.05, 4.69) is 0 Å². The lowest BCUT2D eigenvalue weighted by Gasteiger charge is -2.14. The van der Waals surface area contributed by atoms with Crippen LogP contribution in [0.4, 0.5) is 5.69 Å². The molecule has 2 rings (SSSR count). The summed E-state index contributed by atoms with van der Waals surface area (Å²) < 4.78 is 5.63. The number of carbonyl (C=O) groups is 2. The highest BCUT2D eigenvalue weighted by atomic mass is 16.5. The number of rotatable bonds is 7. The minimum atomic E-state index is -1.12. The van der Waals surface area contributed by atoms with Crippen LogP contribution in [0.25, 0.3) is 0 Å². The van der Waals surface area contributed by atoms with Crippen molar-refractivity contribution in [3.8, 4) is 5.75 Å². The number of aromatic carboxylic acids is 1. The molecule has 0 aliphatic heterocycles. The third-order valence-corrected chi connectivity index (χ3v) is 3.40. The molecule has 0 radical (unpaired) electrons. The molecule has 0 spiro atoms. The van der Waals surface area contributed by atoms with Gasteiger partial charge in [-0.15, -0.1) is 0 Å². The van der Waals surface area contributed by atoms with Crippen molar-refractivity contribution in [3.05, 3.63) is 59.2 Å². The number of anilines is 1. The van der Waals surface area contributed by atoms with Crippen LogP contribution in [0, 0.1) is 0 Å². The molecule has 5 heteroatoms. The molecule has 0 saturated heterocycles. The quantitative estimate of drug-likeness (QED) is 0.464. The molecular formula is C18H19NO4. The zero-order valence-electron chi connectivity index (χ0n) is 12.9. The van der Waals surface area contributed by atoms with Crippen molar-refractivity contribution in [2.24, 2.45) is 0 Å². The molecule has 3 N–H and O–H groups in total. The standard InChI is InChI=1S/C18H19NO4/c1-2-3-9-23-15-11-13(18(21)22)10-14(19)16(15)17(20)12-7-5-4-6-8-12/h4-8,10-11H,2-3,9,19H2,1H3,(H,21,22). The van der Waals surface area contributed by atoms with E-state index in [1.165, 1.54) is 12.1 Å². The Bertz CT molecular complexity index is 710. The van der Waals surface area contributed by atoms with Crippen LogP contribution >= 0.6 is 0 Å². The van der Waals surface area contributed by atoms with E-state index >= 15 is 0 Å². The number of nitrogen functional groups attached to an aromatic ring is 1. The Morgan fingerprint density at radius 2 is 1.83 bits per heavy atom. The summed E-state index contributed by atoms with van der Waals surface area (Å²) in [6.07, 6.45) is 1.73. The first kappa shape index (κ1) is 16.5. The summed E-state index contributed by atoms with van der Waals surface area (Å²) in [6.45, 7) is 2.41. The second kappa shape index (κ2) is 7.45. The van der Waals surface area contributed by atoms with E-state index in [-0.39, 0.29) is 28.3 Å². The molecule has 120 valence electrons.